The normalized spacial score (nSPS) is 16.7. The smallest absolute Gasteiger partial charge is 0.420 e. The molecule has 13 nitrogen and oxygen atoms in total. The predicted octanol–water partition coefficient (Wildman–Crippen LogP) is 9.22. The van der Waals surface area contributed by atoms with Gasteiger partial charge in [-0.25, -0.2) is 9.37 Å². The van der Waals surface area contributed by atoms with E-state index in [0.717, 1.165) is 46.9 Å². The van der Waals surface area contributed by atoms with Gasteiger partial charge in [-0.15, -0.1) is 11.3 Å². The molecule has 0 spiro atoms. The van der Waals surface area contributed by atoms with Crippen molar-refractivity contribution < 1.29 is 41.4 Å². The van der Waals surface area contributed by atoms with E-state index >= 15 is 4.39 Å². The minimum Gasteiger partial charge on any atom is -0.494 e. The molecule has 66 heavy (non-hydrogen) atoms. The summed E-state index contributed by atoms with van der Waals surface area (Å²) >= 11 is 7.15. The lowest BCUT2D eigenvalue weighted by atomic mass is 9.85. The van der Waals surface area contributed by atoms with Crippen molar-refractivity contribution in [3.05, 3.63) is 101 Å². The molecule has 0 aliphatic carbocycles. The van der Waals surface area contributed by atoms with Crippen LogP contribution in [0.1, 0.15) is 83.3 Å². The Balaban J connectivity index is 0.864. The van der Waals surface area contributed by atoms with Crippen molar-refractivity contribution in [3.63, 3.8) is 0 Å². The van der Waals surface area contributed by atoms with Gasteiger partial charge in [0.05, 0.1) is 64.3 Å². The largest absolute Gasteiger partial charge is 0.494 e. The number of rotatable bonds is 15. The average Bonchev–Trinajstić information content (AvgIpc) is 4.10. The van der Waals surface area contributed by atoms with Crippen LogP contribution in [0.25, 0.3) is 21.8 Å². The molecule has 2 saturated heterocycles. The molecule has 5 aromatic rings. The van der Waals surface area contributed by atoms with Crippen LogP contribution in [-0.4, -0.2) is 80.6 Å². The van der Waals surface area contributed by atoms with E-state index < -0.39 is 51.7 Å². The number of hydrogen-bond donors (Lipinski definition) is 2. The first-order valence-electron chi connectivity index (χ1n) is 21.3. The number of nitrogens with zero attached hydrogens (tertiary/aromatic N) is 6. The summed E-state index contributed by atoms with van der Waals surface area (Å²) in [5, 5.41) is 13.9. The minimum atomic E-state index is -5.19. The van der Waals surface area contributed by atoms with Gasteiger partial charge in [0.15, 0.2) is 10.9 Å². The number of anilines is 2. The maximum Gasteiger partial charge on any atom is 0.420 e. The lowest BCUT2D eigenvalue weighted by molar-refractivity contribution is -0.141. The second-order valence-corrected chi connectivity index (χ2v) is 18.8. The standard InChI is InChI=1S/C47H48F4N8O5S2/c1-45(2,3)40(42(61)57-20-8-10-35(57)41-54-26-33(55-41)36-11-9-23-66-36)56-37(60)27-63-21-6-7-22-64-31-16-12-28(13-17-31)32-18-15-30(25-53-32)59-44(65)58(43(62)46(59,4)5)34-19-14-29(24-52)38(39(34)48)47(49,50)51/h9,11-19,23,25-26,35,40H,6-8,10,20-22,27H2,1-5H3,(H,54,55)(H,56,60). The number of halogens is 4. The number of hydrogen-bond acceptors (Lipinski definition) is 10. The fourth-order valence-corrected chi connectivity index (χ4v) is 9.22. The molecule has 2 aliphatic rings. The zero-order valence-electron chi connectivity index (χ0n) is 36.9. The number of aromatic nitrogens is 3. The summed E-state index contributed by atoms with van der Waals surface area (Å²) in [4.78, 5) is 58.1. The van der Waals surface area contributed by atoms with Crippen molar-refractivity contribution in [3.8, 4) is 33.6 Å². The molecule has 3 amide bonds. The van der Waals surface area contributed by atoms with Crippen LogP contribution >= 0.6 is 23.6 Å². The average molecular weight is 945 g/mol. The molecular formula is C47H48F4N8O5S2. The van der Waals surface area contributed by atoms with E-state index in [2.05, 4.69) is 20.3 Å². The number of likely N-dealkylation sites (tertiary alicyclic amines) is 1. The van der Waals surface area contributed by atoms with E-state index in [4.69, 9.17) is 21.7 Å². The van der Waals surface area contributed by atoms with Gasteiger partial charge in [-0.1, -0.05) is 26.8 Å². The topological polar surface area (TPSA) is 157 Å². The van der Waals surface area contributed by atoms with Gasteiger partial charge in [0.2, 0.25) is 11.8 Å². The number of carbonyl (C=O) groups excluding carboxylic acids is 3. The molecule has 2 N–H and O–H groups in total. The summed E-state index contributed by atoms with van der Waals surface area (Å²) < 4.78 is 68.3. The zero-order chi connectivity index (χ0) is 47.6. The Hall–Kier alpha value is -6.23. The molecule has 2 atom stereocenters. The Morgan fingerprint density at radius 3 is 2.44 bits per heavy atom. The summed E-state index contributed by atoms with van der Waals surface area (Å²) in [7, 11) is 0. The van der Waals surface area contributed by atoms with Crippen LogP contribution in [-0.2, 0) is 25.3 Å². The van der Waals surface area contributed by atoms with Crippen LogP contribution in [0.4, 0.5) is 28.9 Å². The third-order valence-electron chi connectivity index (χ3n) is 11.4. The number of amides is 3. The van der Waals surface area contributed by atoms with E-state index in [-0.39, 0.29) is 29.6 Å². The number of H-pyrrole nitrogens is 1. The van der Waals surface area contributed by atoms with Crippen molar-refractivity contribution >= 4 is 57.8 Å². The second kappa shape index (κ2) is 19.3. The van der Waals surface area contributed by atoms with Crippen LogP contribution in [0.3, 0.4) is 0 Å². The fraction of sp³-hybridized carbons (Fsp3) is 0.383. The number of thiocarbonyl (C=S) groups is 1. The van der Waals surface area contributed by atoms with E-state index in [1.54, 1.807) is 41.8 Å². The number of unbranched alkanes of at least 4 members (excludes halogenated alkanes) is 1. The number of imidazole rings is 1. The molecule has 7 rings (SSSR count). The van der Waals surface area contributed by atoms with Gasteiger partial charge in [-0.2, -0.15) is 18.4 Å². The molecule has 2 unspecified atom stereocenters. The van der Waals surface area contributed by atoms with Gasteiger partial charge in [-0.05, 0) is 117 Å². The first kappa shape index (κ1) is 47.7. The number of pyridine rings is 1. The highest BCUT2D eigenvalue weighted by molar-refractivity contribution is 7.81. The van der Waals surface area contributed by atoms with Gasteiger partial charge < -0.3 is 29.6 Å². The maximum absolute atomic E-state index is 15.4. The predicted molar refractivity (Wildman–Crippen MR) is 245 cm³/mol. The Morgan fingerprint density at radius 1 is 1.05 bits per heavy atom. The van der Waals surface area contributed by atoms with Crippen LogP contribution in [0.2, 0.25) is 0 Å². The number of carbonyl (C=O) groups is 3. The highest BCUT2D eigenvalue weighted by atomic mass is 32.1. The van der Waals surface area contributed by atoms with E-state index in [9.17, 15) is 32.8 Å². The van der Waals surface area contributed by atoms with Crippen LogP contribution in [0.5, 0.6) is 5.75 Å². The maximum atomic E-state index is 15.4. The second-order valence-electron chi connectivity index (χ2n) is 17.5. The van der Waals surface area contributed by atoms with Crippen molar-refractivity contribution in [2.75, 3.05) is 36.2 Å². The van der Waals surface area contributed by atoms with Crippen molar-refractivity contribution in [2.45, 2.75) is 84.1 Å². The lowest BCUT2D eigenvalue weighted by Gasteiger charge is -2.35. The summed E-state index contributed by atoms with van der Waals surface area (Å²) in [5.74, 6) is -1.70. The third-order valence-corrected chi connectivity index (χ3v) is 12.7. The number of nitriles is 1. The number of ether oxygens (including phenoxy) is 2. The van der Waals surface area contributed by atoms with Crippen LogP contribution in [0.15, 0.2) is 78.4 Å². The molecule has 0 bridgehead atoms. The molecule has 2 aliphatic heterocycles. The summed E-state index contributed by atoms with van der Waals surface area (Å²) in [6.07, 6.45) is 0.973. The number of aromatic amines is 1. The molecule has 19 heteroatoms. The molecule has 0 saturated carbocycles. The molecule has 0 radical (unpaired) electrons. The van der Waals surface area contributed by atoms with Crippen molar-refractivity contribution in [2.24, 2.45) is 5.41 Å². The quantitative estimate of drug-likeness (QED) is 0.0589. The van der Waals surface area contributed by atoms with E-state index in [0.29, 0.717) is 54.6 Å². The highest BCUT2D eigenvalue weighted by Crippen LogP contribution is 2.42. The fourth-order valence-electron chi connectivity index (χ4n) is 8.02. The highest BCUT2D eigenvalue weighted by Gasteiger charge is 2.52. The summed E-state index contributed by atoms with van der Waals surface area (Å²) in [6, 6.07) is 16.7. The monoisotopic (exact) mass is 944 g/mol. The van der Waals surface area contributed by atoms with Crippen LogP contribution in [0, 0.1) is 22.6 Å². The summed E-state index contributed by atoms with van der Waals surface area (Å²) in [6.45, 7) is 9.90. The number of alkyl halides is 3. The first-order valence-corrected chi connectivity index (χ1v) is 22.5. The Labute approximate surface area is 388 Å². The molecule has 2 fully saturated rings. The van der Waals surface area contributed by atoms with Gasteiger partial charge in [0.25, 0.3) is 5.91 Å². The number of nitrogens with one attached hydrogen (secondary N) is 2. The van der Waals surface area contributed by atoms with Gasteiger partial charge >= 0.3 is 6.18 Å². The Bertz CT molecular complexity index is 2620. The Kier molecular flexibility index (Phi) is 14.0. The molecule has 346 valence electrons. The lowest BCUT2D eigenvalue weighted by Crippen LogP contribution is -2.55. The first-order chi connectivity index (χ1) is 31.3. The van der Waals surface area contributed by atoms with Gasteiger partial charge in [0.1, 0.15) is 35.3 Å². The molecular weight excluding hydrogens is 897 g/mol. The van der Waals surface area contributed by atoms with Gasteiger partial charge in [-0.3, -0.25) is 24.3 Å². The summed E-state index contributed by atoms with van der Waals surface area (Å²) in [5.41, 5.74) is -2.79. The minimum absolute atomic E-state index is 0.149. The number of benzene rings is 2. The third kappa shape index (κ3) is 9.95. The van der Waals surface area contributed by atoms with Crippen LogP contribution < -0.4 is 19.9 Å². The van der Waals surface area contributed by atoms with E-state index in [1.165, 1.54) is 31.0 Å². The Morgan fingerprint density at radius 2 is 1.79 bits per heavy atom. The van der Waals surface area contributed by atoms with Gasteiger partial charge in [0, 0.05) is 18.7 Å². The van der Waals surface area contributed by atoms with Crippen molar-refractivity contribution in [1.82, 2.24) is 25.2 Å². The molecule has 3 aromatic heterocycles. The number of thiophene rings is 1. The van der Waals surface area contributed by atoms with Crippen molar-refractivity contribution in [1.29, 1.82) is 5.26 Å². The van der Waals surface area contributed by atoms with E-state index in [1.807, 2.05) is 55.3 Å². The SMILES string of the molecule is CC(C)(C)C(NC(=O)COCCCCOc1ccc(-c2ccc(N3C(=S)N(c4ccc(C#N)c(C(F)(F)F)c4F)C(=O)C3(C)C)cn2)cc1)C(=O)N1CCCC1c1ncc(-c2cccs2)[nH]1. The zero-order valence-corrected chi connectivity index (χ0v) is 38.5. The molecule has 5 heterocycles. The molecule has 2 aromatic carbocycles.